The van der Waals surface area contributed by atoms with Gasteiger partial charge in [-0.3, -0.25) is 14.6 Å². The lowest BCUT2D eigenvalue weighted by molar-refractivity contribution is -0.137. The number of amides is 1. The first-order valence-electron chi connectivity index (χ1n) is 13.5. The number of hydrogen-bond acceptors (Lipinski definition) is 3. The molecule has 0 bridgehead atoms. The molecule has 2 saturated heterocycles. The highest BCUT2D eigenvalue weighted by Gasteiger charge is 2.41. The summed E-state index contributed by atoms with van der Waals surface area (Å²) in [7, 11) is 1.99. The summed E-state index contributed by atoms with van der Waals surface area (Å²) in [4.78, 5) is 20.4. The minimum absolute atomic E-state index is 0.0213. The van der Waals surface area contributed by atoms with Gasteiger partial charge in [0, 0.05) is 80.1 Å². The molecule has 3 aromatic rings. The van der Waals surface area contributed by atoms with Crippen LogP contribution in [0, 0.1) is 0 Å². The Balaban J connectivity index is 1.20. The second-order valence-electron chi connectivity index (χ2n) is 11.3. The van der Waals surface area contributed by atoms with Gasteiger partial charge in [0.25, 0.3) is 5.91 Å². The van der Waals surface area contributed by atoms with Gasteiger partial charge in [-0.15, -0.1) is 0 Å². The molecule has 0 saturated carbocycles. The summed E-state index contributed by atoms with van der Waals surface area (Å²) in [6.07, 6.45) is -0.478. The first kappa shape index (κ1) is 26.8. The second-order valence-corrected chi connectivity index (χ2v) is 11.3. The van der Waals surface area contributed by atoms with Crippen LogP contribution in [0.15, 0.2) is 54.7 Å². The summed E-state index contributed by atoms with van der Waals surface area (Å²) >= 11 is 0. The second kappa shape index (κ2) is 10.0. The SMILES string of the molecule is CC(c1ccc(C(F)(F)F)cc1)N1CCN(C2(C)CCN(C(=O)c3cccc4c3ccn4C)CC2)C[C@@H]1C. The number of alkyl halides is 3. The number of rotatable bonds is 4. The molecular formula is C30H37F3N4O. The third-order valence-electron chi connectivity index (χ3n) is 8.95. The number of carbonyl (C=O) groups excluding carboxylic acids is 1. The fourth-order valence-electron chi connectivity index (χ4n) is 6.35. The van der Waals surface area contributed by atoms with Crippen LogP contribution in [0.4, 0.5) is 13.2 Å². The monoisotopic (exact) mass is 526 g/mol. The predicted octanol–water partition coefficient (Wildman–Crippen LogP) is 5.96. The number of aryl methyl sites for hydroxylation is 1. The van der Waals surface area contributed by atoms with Crippen LogP contribution in [-0.4, -0.2) is 69.5 Å². The molecule has 1 unspecified atom stereocenters. The van der Waals surface area contributed by atoms with E-state index < -0.39 is 11.7 Å². The number of fused-ring (bicyclic) bond motifs is 1. The van der Waals surface area contributed by atoms with E-state index in [0.29, 0.717) is 0 Å². The molecule has 3 heterocycles. The van der Waals surface area contributed by atoms with Crippen LogP contribution in [0.2, 0.25) is 0 Å². The molecule has 2 aromatic carbocycles. The van der Waals surface area contributed by atoms with Gasteiger partial charge in [-0.1, -0.05) is 18.2 Å². The molecule has 8 heteroatoms. The van der Waals surface area contributed by atoms with Gasteiger partial charge in [-0.2, -0.15) is 13.2 Å². The first-order chi connectivity index (χ1) is 18.0. The van der Waals surface area contributed by atoms with Crippen molar-refractivity contribution in [1.82, 2.24) is 19.3 Å². The van der Waals surface area contributed by atoms with Gasteiger partial charge in [0.2, 0.25) is 0 Å². The average molecular weight is 527 g/mol. The van der Waals surface area contributed by atoms with E-state index in [1.807, 2.05) is 47.0 Å². The molecule has 5 nitrogen and oxygen atoms in total. The van der Waals surface area contributed by atoms with E-state index in [4.69, 9.17) is 0 Å². The Bertz CT molecular complexity index is 1290. The van der Waals surface area contributed by atoms with Crippen LogP contribution in [-0.2, 0) is 13.2 Å². The van der Waals surface area contributed by atoms with E-state index in [1.165, 1.54) is 12.1 Å². The summed E-state index contributed by atoms with van der Waals surface area (Å²) in [5, 5.41) is 1.00. The highest BCUT2D eigenvalue weighted by molar-refractivity contribution is 6.06. The number of piperazine rings is 1. The van der Waals surface area contributed by atoms with Crippen molar-refractivity contribution >= 4 is 16.8 Å². The van der Waals surface area contributed by atoms with Crippen molar-refractivity contribution in [3.05, 3.63) is 71.4 Å². The maximum Gasteiger partial charge on any atom is 0.416 e. The van der Waals surface area contributed by atoms with Crippen molar-refractivity contribution in [2.45, 2.75) is 57.4 Å². The maximum absolute atomic E-state index is 13.4. The largest absolute Gasteiger partial charge is 0.416 e. The van der Waals surface area contributed by atoms with Crippen LogP contribution >= 0.6 is 0 Å². The molecule has 0 radical (unpaired) electrons. The van der Waals surface area contributed by atoms with E-state index >= 15 is 0 Å². The fraction of sp³-hybridized carbons (Fsp3) is 0.500. The number of nitrogens with zero attached hydrogens (tertiary/aromatic N) is 4. The summed E-state index contributed by atoms with van der Waals surface area (Å²) in [6.45, 7) is 10.7. The molecule has 2 aliphatic heterocycles. The zero-order valence-corrected chi connectivity index (χ0v) is 22.6. The number of likely N-dealkylation sites (tertiary alicyclic amines) is 1. The third kappa shape index (κ3) is 4.96. The number of piperidine rings is 1. The summed E-state index contributed by atoms with van der Waals surface area (Å²) < 4.78 is 41.0. The molecule has 2 atom stereocenters. The molecule has 1 amide bonds. The van der Waals surface area contributed by atoms with Gasteiger partial charge in [-0.25, -0.2) is 0 Å². The van der Waals surface area contributed by atoms with Crippen LogP contribution in [0.3, 0.4) is 0 Å². The topological polar surface area (TPSA) is 31.7 Å². The van der Waals surface area contributed by atoms with Gasteiger partial charge in [-0.05, 0) is 69.5 Å². The highest BCUT2D eigenvalue weighted by Crippen LogP contribution is 2.35. The lowest BCUT2D eigenvalue weighted by Gasteiger charge is -2.52. The summed E-state index contributed by atoms with van der Waals surface area (Å²) in [5.41, 5.74) is 2.16. The third-order valence-corrected chi connectivity index (χ3v) is 8.95. The van der Waals surface area contributed by atoms with Crippen LogP contribution < -0.4 is 0 Å². The molecule has 2 aliphatic rings. The molecule has 38 heavy (non-hydrogen) atoms. The maximum atomic E-state index is 13.4. The summed E-state index contributed by atoms with van der Waals surface area (Å²) in [5.74, 6) is 0.104. The minimum atomic E-state index is -4.31. The van der Waals surface area contributed by atoms with E-state index in [2.05, 4.69) is 30.6 Å². The summed E-state index contributed by atoms with van der Waals surface area (Å²) in [6, 6.07) is 13.8. The van der Waals surface area contributed by atoms with E-state index in [0.717, 1.165) is 67.6 Å². The van der Waals surface area contributed by atoms with Crippen molar-refractivity contribution in [1.29, 1.82) is 0 Å². The van der Waals surface area contributed by atoms with E-state index in [1.54, 1.807) is 12.1 Å². The van der Waals surface area contributed by atoms with Gasteiger partial charge >= 0.3 is 6.18 Å². The zero-order valence-electron chi connectivity index (χ0n) is 22.6. The standard InChI is InChI=1S/C30H37F3N4O/c1-21-20-36(18-19-37(21)22(2)23-8-10-24(11-9-23)30(31,32)33)29(3)13-16-35(17-14-29)28(38)26-6-5-7-27-25(26)12-15-34(27)4/h5-12,15,21-22H,13-14,16-20H2,1-4H3/t21-,22?/m0/s1. The number of benzene rings is 2. The Labute approximate surface area is 222 Å². The van der Waals surface area contributed by atoms with Gasteiger partial charge in [0.05, 0.1) is 5.56 Å². The van der Waals surface area contributed by atoms with Crippen LogP contribution in [0.5, 0.6) is 0 Å². The first-order valence-corrected chi connectivity index (χ1v) is 13.5. The molecular weight excluding hydrogens is 489 g/mol. The van der Waals surface area contributed by atoms with Crippen LogP contribution in [0.1, 0.15) is 61.1 Å². The number of aromatic nitrogens is 1. The lowest BCUT2D eigenvalue weighted by atomic mass is 9.86. The van der Waals surface area contributed by atoms with Gasteiger partial charge < -0.3 is 9.47 Å². The molecule has 2 fully saturated rings. The smallest absolute Gasteiger partial charge is 0.351 e. The zero-order chi connectivity index (χ0) is 27.2. The van der Waals surface area contributed by atoms with Gasteiger partial charge in [0.15, 0.2) is 0 Å². The molecule has 0 spiro atoms. The molecule has 0 N–H and O–H groups in total. The van der Waals surface area contributed by atoms with E-state index in [9.17, 15) is 18.0 Å². The van der Waals surface area contributed by atoms with E-state index in [-0.39, 0.29) is 23.5 Å². The molecule has 5 rings (SSSR count). The molecule has 204 valence electrons. The Morgan fingerprint density at radius 3 is 2.32 bits per heavy atom. The Hall–Kier alpha value is -2.84. The minimum Gasteiger partial charge on any atom is -0.351 e. The number of hydrogen-bond donors (Lipinski definition) is 0. The van der Waals surface area contributed by atoms with Crippen molar-refractivity contribution in [3.63, 3.8) is 0 Å². The van der Waals surface area contributed by atoms with Crippen molar-refractivity contribution in [3.8, 4) is 0 Å². The quantitative estimate of drug-likeness (QED) is 0.421. The number of halogens is 3. The number of carbonyl (C=O) groups is 1. The van der Waals surface area contributed by atoms with Gasteiger partial charge in [0.1, 0.15) is 0 Å². The normalized spacial score (nSPS) is 22.1. The molecule has 0 aliphatic carbocycles. The highest BCUT2D eigenvalue weighted by atomic mass is 19.4. The Morgan fingerprint density at radius 1 is 1.00 bits per heavy atom. The fourth-order valence-corrected chi connectivity index (χ4v) is 6.35. The van der Waals surface area contributed by atoms with Crippen molar-refractivity contribution in [2.24, 2.45) is 7.05 Å². The van der Waals surface area contributed by atoms with Crippen molar-refractivity contribution in [2.75, 3.05) is 32.7 Å². The Kier molecular flexibility index (Phi) is 7.07. The Morgan fingerprint density at radius 2 is 1.68 bits per heavy atom. The predicted molar refractivity (Wildman–Crippen MR) is 144 cm³/mol. The van der Waals surface area contributed by atoms with Crippen LogP contribution in [0.25, 0.3) is 10.9 Å². The lowest BCUT2D eigenvalue weighted by Crippen LogP contribution is -2.62. The van der Waals surface area contributed by atoms with Crippen molar-refractivity contribution < 1.29 is 18.0 Å². The molecule has 1 aromatic heterocycles. The average Bonchev–Trinajstić information content (AvgIpc) is 3.28.